The molecule has 3 heteroatoms. The Balaban J connectivity index is 2.26. The van der Waals surface area contributed by atoms with Crippen LogP contribution in [0.15, 0.2) is 0 Å². The maximum Gasteiger partial charge on any atom is 0.308 e. The number of ether oxygens (including phenoxy) is 1. The maximum absolute atomic E-state index is 11.4. The predicted molar refractivity (Wildman–Crippen MR) is 58.4 cm³/mol. The lowest BCUT2D eigenvalue weighted by molar-refractivity contribution is -0.166. The fraction of sp³-hybridized carbons (Fsp3) is 0.917. The molecule has 0 spiro atoms. The number of carbonyl (C=O) groups excluding carboxylic acids is 1. The Labute approximate surface area is 91.8 Å². The van der Waals surface area contributed by atoms with E-state index in [0.29, 0.717) is 0 Å². The van der Waals surface area contributed by atoms with Crippen molar-refractivity contribution < 1.29 is 14.6 Å². The second kappa shape index (κ2) is 4.52. The van der Waals surface area contributed by atoms with Crippen LogP contribution in [0.5, 0.6) is 0 Å². The molecule has 1 saturated carbocycles. The Bertz CT molecular complexity index is 224. The van der Waals surface area contributed by atoms with Crippen molar-refractivity contribution in [3.63, 3.8) is 0 Å². The predicted octanol–water partition coefficient (Wildman–Crippen LogP) is 2.13. The Hall–Kier alpha value is -0.570. The number of hydrogen-bond acceptors (Lipinski definition) is 3. The zero-order chi connectivity index (χ0) is 11.6. The summed E-state index contributed by atoms with van der Waals surface area (Å²) in [6, 6.07) is 0. The quantitative estimate of drug-likeness (QED) is 0.729. The van der Waals surface area contributed by atoms with Crippen molar-refractivity contribution in [2.24, 2.45) is 11.8 Å². The van der Waals surface area contributed by atoms with Crippen LogP contribution in [0, 0.1) is 11.8 Å². The summed E-state index contributed by atoms with van der Waals surface area (Å²) in [4.78, 5) is 11.4. The van der Waals surface area contributed by atoms with Crippen LogP contribution in [0.2, 0.25) is 0 Å². The van der Waals surface area contributed by atoms with Gasteiger partial charge in [0.15, 0.2) is 0 Å². The molecule has 0 aromatic rings. The zero-order valence-corrected chi connectivity index (χ0v) is 10.1. The minimum Gasteiger partial charge on any atom is -0.462 e. The van der Waals surface area contributed by atoms with Crippen LogP contribution in [0.3, 0.4) is 0 Å². The Morgan fingerprint density at radius 2 is 2.07 bits per heavy atom. The molecule has 0 aromatic heterocycles. The molecule has 1 rings (SSSR count). The molecular weight excluding hydrogens is 192 g/mol. The lowest BCUT2D eigenvalue weighted by Crippen LogP contribution is -2.45. The standard InChI is InChI=1S/C12H22O3/c1-5-8(2)11(13)15-10-6-9(7-10)12(3,4)14/h8-10,14H,5-7H2,1-4H3. The minimum absolute atomic E-state index is 0.00816. The monoisotopic (exact) mass is 214 g/mol. The molecule has 88 valence electrons. The summed E-state index contributed by atoms with van der Waals surface area (Å²) in [6.45, 7) is 7.48. The molecule has 1 atom stereocenters. The molecule has 1 N–H and O–H groups in total. The third-order valence-electron chi connectivity index (χ3n) is 3.39. The summed E-state index contributed by atoms with van der Waals surface area (Å²) < 4.78 is 5.31. The topological polar surface area (TPSA) is 46.5 Å². The largest absolute Gasteiger partial charge is 0.462 e. The summed E-state index contributed by atoms with van der Waals surface area (Å²) in [5.74, 6) is 0.162. The van der Waals surface area contributed by atoms with Crippen LogP contribution in [-0.4, -0.2) is 22.8 Å². The number of esters is 1. The molecule has 0 aromatic carbocycles. The second-order valence-corrected chi connectivity index (χ2v) is 5.19. The normalized spacial score (nSPS) is 28.1. The molecule has 0 amide bonds. The van der Waals surface area contributed by atoms with E-state index in [0.717, 1.165) is 19.3 Å². The summed E-state index contributed by atoms with van der Waals surface area (Å²) in [5, 5.41) is 9.70. The average molecular weight is 214 g/mol. The van der Waals surface area contributed by atoms with E-state index in [4.69, 9.17) is 4.74 Å². The lowest BCUT2D eigenvalue weighted by atomic mass is 9.72. The Morgan fingerprint density at radius 3 is 2.47 bits per heavy atom. The van der Waals surface area contributed by atoms with Gasteiger partial charge in [-0.2, -0.15) is 0 Å². The third kappa shape index (κ3) is 3.20. The number of carbonyl (C=O) groups is 1. The van der Waals surface area contributed by atoms with E-state index >= 15 is 0 Å². The molecule has 1 aliphatic rings. The number of hydrogen-bond donors (Lipinski definition) is 1. The Morgan fingerprint density at radius 1 is 1.53 bits per heavy atom. The van der Waals surface area contributed by atoms with Gasteiger partial charge in [-0.3, -0.25) is 4.79 Å². The van der Waals surface area contributed by atoms with Crippen LogP contribution in [0.4, 0.5) is 0 Å². The van der Waals surface area contributed by atoms with E-state index in [1.807, 2.05) is 27.7 Å². The summed E-state index contributed by atoms with van der Waals surface area (Å²) >= 11 is 0. The van der Waals surface area contributed by atoms with Crippen molar-refractivity contribution in [1.29, 1.82) is 0 Å². The van der Waals surface area contributed by atoms with Gasteiger partial charge in [-0.25, -0.2) is 0 Å². The van der Waals surface area contributed by atoms with E-state index in [1.54, 1.807) is 0 Å². The highest BCUT2D eigenvalue weighted by Crippen LogP contribution is 2.38. The van der Waals surface area contributed by atoms with Crippen LogP contribution >= 0.6 is 0 Å². The molecule has 15 heavy (non-hydrogen) atoms. The van der Waals surface area contributed by atoms with E-state index in [2.05, 4.69) is 0 Å². The van der Waals surface area contributed by atoms with E-state index < -0.39 is 5.60 Å². The fourth-order valence-corrected chi connectivity index (χ4v) is 1.69. The van der Waals surface area contributed by atoms with Crippen LogP contribution in [0.1, 0.15) is 47.0 Å². The Kier molecular flexibility index (Phi) is 3.77. The average Bonchev–Trinajstić information content (AvgIpc) is 2.06. The van der Waals surface area contributed by atoms with Crippen molar-refractivity contribution >= 4 is 5.97 Å². The summed E-state index contributed by atoms with van der Waals surface area (Å²) in [7, 11) is 0. The van der Waals surface area contributed by atoms with Gasteiger partial charge in [0.05, 0.1) is 11.5 Å². The third-order valence-corrected chi connectivity index (χ3v) is 3.39. The zero-order valence-electron chi connectivity index (χ0n) is 10.1. The lowest BCUT2D eigenvalue weighted by Gasteiger charge is -2.41. The van der Waals surface area contributed by atoms with Gasteiger partial charge in [0.1, 0.15) is 6.10 Å². The number of rotatable bonds is 4. The minimum atomic E-state index is -0.640. The molecule has 0 bridgehead atoms. The smallest absolute Gasteiger partial charge is 0.308 e. The first-order valence-corrected chi connectivity index (χ1v) is 5.77. The van der Waals surface area contributed by atoms with E-state index in [9.17, 15) is 9.90 Å². The number of aliphatic hydroxyl groups is 1. The van der Waals surface area contributed by atoms with Crippen molar-refractivity contribution in [1.82, 2.24) is 0 Å². The molecule has 0 aliphatic heterocycles. The summed E-state index contributed by atoms with van der Waals surface area (Å²) in [6.07, 6.45) is 2.44. The van der Waals surface area contributed by atoms with Gasteiger partial charge >= 0.3 is 5.97 Å². The van der Waals surface area contributed by atoms with Crippen LogP contribution in [-0.2, 0) is 9.53 Å². The van der Waals surface area contributed by atoms with Crippen LogP contribution in [0.25, 0.3) is 0 Å². The summed E-state index contributed by atoms with van der Waals surface area (Å²) in [5.41, 5.74) is -0.640. The second-order valence-electron chi connectivity index (χ2n) is 5.19. The fourth-order valence-electron chi connectivity index (χ4n) is 1.69. The first kappa shape index (κ1) is 12.5. The van der Waals surface area contributed by atoms with Gasteiger partial charge in [0.2, 0.25) is 0 Å². The molecule has 1 aliphatic carbocycles. The molecule has 0 heterocycles. The molecule has 3 nitrogen and oxygen atoms in total. The van der Waals surface area contributed by atoms with Gasteiger partial charge in [0.25, 0.3) is 0 Å². The highest BCUT2D eigenvalue weighted by molar-refractivity contribution is 5.72. The van der Waals surface area contributed by atoms with Gasteiger partial charge in [-0.05, 0) is 39.0 Å². The maximum atomic E-state index is 11.4. The van der Waals surface area contributed by atoms with E-state index in [1.165, 1.54) is 0 Å². The van der Waals surface area contributed by atoms with Crippen molar-refractivity contribution in [3.05, 3.63) is 0 Å². The first-order valence-electron chi connectivity index (χ1n) is 5.77. The van der Waals surface area contributed by atoms with Gasteiger partial charge < -0.3 is 9.84 Å². The molecule has 0 saturated heterocycles. The first-order chi connectivity index (χ1) is 6.84. The van der Waals surface area contributed by atoms with E-state index in [-0.39, 0.29) is 23.9 Å². The van der Waals surface area contributed by atoms with Crippen molar-refractivity contribution in [3.8, 4) is 0 Å². The van der Waals surface area contributed by atoms with Crippen LogP contribution < -0.4 is 0 Å². The SMILES string of the molecule is CCC(C)C(=O)OC1CC(C(C)(C)O)C1. The van der Waals surface area contributed by atoms with Gasteiger partial charge in [0, 0.05) is 0 Å². The highest BCUT2D eigenvalue weighted by Gasteiger charge is 2.40. The van der Waals surface area contributed by atoms with Gasteiger partial charge in [-0.1, -0.05) is 13.8 Å². The molecular formula is C12H22O3. The highest BCUT2D eigenvalue weighted by atomic mass is 16.5. The van der Waals surface area contributed by atoms with Crippen molar-refractivity contribution in [2.45, 2.75) is 58.7 Å². The molecule has 1 unspecified atom stereocenters. The van der Waals surface area contributed by atoms with Crippen molar-refractivity contribution in [2.75, 3.05) is 0 Å². The van der Waals surface area contributed by atoms with Gasteiger partial charge in [-0.15, -0.1) is 0 Å². The molecule has 1 fully saturated rings. The molecule has 0 radical (unpaired) electrons.